The number of alkyl halides is 3. The van der Waals surface area contributed by atoms with Gasteiger partial charge in [0, 0.05) is 24.5 Å². The summed E-state index contributed by atoms with van der Waals surface area (Å²) in [5.74, 6) is -0.233. The van der Waals surface area contributed by atoms with Gasteiger partial charge >= 0.3 is 6.18 Å². The number of carbonyl (C=O) groups is 1. The van der Waals surface area contributed by atoms with E-state index in [4.69, 9.17) is 0 Å². The molecule has 0 fully saturated rings. The van der Waals surface area contributed by atoms with Crippen molar-refractivity contribution >= 4 is 17.4 Å². The van der Waals surface area contributed by atoms with Gasteiger partial charge < -0.3 is 10.6 Å². The molecule has 0 bridgehead atoms. The van der Waals surface area contributed by atoms with E-state index in [0.717, 1.165) is 35.5 Å². The van der Waals surface area contributed by atoms with Gasteiger partial charge in [-0.25, -0.2) is 4.98 Å². The fraction of sp³-hybridized carbons (Fsp3) is 0.105. The molecular formula is C19H15F3N4O. The summed E-state index contributed by atoms with van der Waals surface area (Å²) in [5.41, 5.74) is 1.13. The van der Waals surface area contributed by atoms with Gasteiger partial charge in [0.15, 0.2) is 0 Å². The van der Waals surface area contributed by atoms with E-state index in [0.29, 0.717) is 12.4 Å². The highest BCUT2D eigenvalue weighted by atomic mass is 19.4. The van der Waals surface area contributed by atoms with Crippen molar-refractivity contribution in [2.24, 2.45) is 0 Å². The molecule has 0 spiro atoms. The van der Waals surface area contributed by atoms with Gasteiger partial charge in [-0.1, -0.05) is 0 Å². The monoisotopic (exact) mass is 372 g/mol. The summed E-state index contributed by atoms with van der Waals surface area (Å²) in [6.45, 7) is 0.599. The fourth-order valence-corrected chi connectivity index (χ4v) is 2.28. The Morgan fingerprint density at radius 1 is 0.963 bits per heavy atom. The predicted molar refractivity (Wildman–Crippen MR) is 95.2 cm³/mol. The van der Waals surface area contributed by atoms with E-state index in [2.05, 4.69) is 20.6 Å². The number of pyridine rings is 2. The molecular weight excluding hydrogens is 357 g/mol. The molecule has 0 saturated carbocycles. The summed E-state index contributed by atoms with van der Waals surface area (Å²) in [7, 11) is 0. The van der Waals surface area contributed by atoms with Crippen LogP contribution < -0.4 is 10.6 Å². The Morgan fingerprint density at radius 2 is 1.67 bits per heavy atom. The highest BCUT2D eigenvalue weighted by Crippen LogP contribution is 2.29. The Hall–Kier alpha value is -3.42. The minimum atomic E-state index is -4.43. The van der Waals surface area contributed by atoms with Gasteiger partial charge in [-0.2, -0.15) is 13.2 Å². The molecule has 2 heterocycles. The second kappa shape index (κ2) is 7.86. The first-order chi connectivity index (χ1) is 12.9. The van der Waals surface area contributed by atoms with Crippen LogP contribution >= 0.6 is 0 Å². The van der Waals surface area contributed by atoms with Crippen molar-refractivity contribution in [2.45, 2.75) is 12.7 Å². The fourth-order valence-electron chi connectivity index (χ4n) is 2.28. The Balaban J connectivity index is 1.58. The molecule has 27 heavy (non-hydrogen) atoms. The minimum absolute atomic E-state index is 0.115. The van der Waals surface area contributed by atoms with Gasteiger partial charge in [0.25, 0.3) is 5.91 Å². The average molecular weight is 372 g/mol. The van der Waals surface area contributed by atoms with Crippen molar-refractivity contribution in [1.82, 2.24) is 9.97 Å². The zero-order valence-corrected chi connectivity index (χ0v) is 14.0. The molecule has 0 saturated heterocycles. The zero-order chi connectivity index (χ0) is 19.3. The smallest absolute Gasteiger partial charge is 0.380 e. The van der Waals surface area contributed by atoms with E-state index in [1.165, 1.54) is 0 Å². The largest absolute Gasteiger partial charge is 0.416 e. The third-order valence-corrected chi connectivity index (χ3v) is 3.73. The van der Waals surface area contributed by atoms with Gasteiger partial charge in [-0.3, -0.25) is 9.78 Å². The van der Waals surface area contributed by atoms with Crippen molar-refractivity contribution in [3.63, 3.8) is 0 Å². The molecule has 2 N–H and O–H groups in total. The quantitative estimate of drug-likeness (QED) is 0.698. The molecule has 2 aromatic heterocycles. The highest BCUT2D eigenvalue weighted by Gasteiger charge is 2.30. The minimum Gasteiger partial charge on any atom is -0.380 e. The molecule has 0 aliphatic rings. The first kappa shape index (κ1) is 18.4. The maximum atomic E-state index is 12.6. The number of rotatable bonds is 5. The van der Waals surface area contributed by atoms with Crippen LogP contribution in [0.1, 0.15) is 21.5 Å². The third-order valence-electron chi connectivity index (χ3n) is 3.73. The molecule has 0 unspecified atom stereocenters. The molecule has 0 aliphatic carbocycles. The van der Waals surface area contributed by atoms with Crippen LogP contribution in [0.15, 0.2) is 67.1 Å². The molecule has 1 aromatic carbocycles. The standard InChI is InChI=1S/C19H15F3N4O/c20-19(21,22)15-3-1-14(2-4-15)18(27)26-17-6-5-16(12-25-17)24-11-13-7-9-23-10-8-13/h1-10,12,24H,11H2,(H,25,26,27). The van der Waals surface area contributed by atoms with Crippen molar-refractivity contribution in [2.75, 3.05) is 10.6 Å². The lowest BCUT2D eigenvalue weighted by Gasteiger charge is -2.09. The van der Waals surface area contributed by atoms with Crippen molar-refractivity contribution in [1.29, 1.82) is 0 Å². The SMILES string of the molecule is O=C(Nc1ccc(NCc2ccncc2)cn1)c1ccc(C(F)(F)F)cc1. The van der Waals surface area contributed by atoms with E-state index >= 15 is 0 Å². The van der Waals surface area contributed by atoms with E-state index < -0.39 is 17.6 Å². The lowest BCUT2D eigenvalue weighted by atomic mass is 10.1. The lowest BCUT2D eigenvalue weighted by molar-refractivity contribution is -0.137. The van der Waals surface area contributed by atoms with Gasteiger partial charge in [0.05, 0.1) is 17.4 Å². The predicted octanol–water partition coefficient (Wildman–Crippen LogP) is 4.36. The van der Waals surface area contributed by atoms with Crippen LogP contribution in [-0.2, 0) is 12.7 Å². The van der Waals surface area contributed by atoms with E-state index in [9.17, 15) is 18.0 Å². The number of amides is 1. The number of halogens is 3. The molecule has 0 radical (unpaired) electrons. The summed E-state index contributed by atoms with van der Waals surface area (Å²) in [6, 6.07) is 11.1. The van der Waals surface area contributed by atoms with Gasteiger partial charge in [-0.05, 0) is 54.1 Å². The number of carbonyl (C=O) groups excluding carboxylic acids is 1. The Kier molecular flexibility index (Phi) is 5.35. The summed E-state index contributed by atoms with van der Waals surface area (Å²) in [5, 5.41) is 5.73. The molecule has 5 nitrogen and oxygen atoms in total. The van der Waals surface area contributed by atoms with Crippen LogP contribution in [0.25, 0.3) is 0 Å². The average Bonchev–Trinajstić information content (AvgIpc) is 2.68. The number of benzene rings is 1. The van der Waals surface area contributed by atoms with Crippen LogP contribution in [-0.4, -0.2) is 15.9 Å². The maximum absolute atomic E-state index is 12.6. The van der Waals surface area contributed by atoms with E-state index in [-0.39, 0.29) is 5.56 Å². The van der Waals surface area contributed by atoms with Gasteiger partial charge in [0.1, 0.15) is 5.82 Å². The number of anilines is 2. The van der Waals surface area contributed by atoms with Crippen LogP contribution in [0.3, 0.4) is 0 Å². The van der Waals surface area contributed by atoms with Crippen molar-refractivity contribution in [3.05, 3.63) is 83.8 Å². The molecule has 8 heteroatoms. The van der Waals surface area contributed by atoms with Crippen molar-refractivity contribution < 1.29 is 18.0 Å². The summed E-state index contributed by atoms with van der Waals surface area (Å²) < 4.78 is 37.7. The second-order valence-corrected chi connectivity index (χ2v) is 5.67. The molecule has 3 rings (SSSR count). The number of hydrogen-bond donors (Lipinski definition) is 2. The molecule has 0 aliphatic heterocycles. The Morgan fingerprint density at radius 3 is 2.26 bits per heavy atom. The molecule has 1 amide bonds. The summed E-state index contributed by atoms with van der Waals surface area (Å²) in [6.07, 6.45) is 0.531. The van der Waals surface area contributed by atoms with Crippen LogP contribution in [0.4, 0.5) is 24.7 Å². The zero-order valence-electron chi connectivity index (χ0n) is 14.0. The van der Waals surface area contributed by atoms with Gasteiger partial charge in [-0.15, -0.1) is 0 Å². The van der Waals surface area contributed by atoms with Crippen molar-refractivity contribution in [3.8, 4) is 0 Å². The first-order valence-electron chi connectivity index (χ1n) is 7.99. The van der Waals surface area contributed by atoms with E-state index in [1.807, 2.05) is 12.1 Å². The summed E-state index contributed by atoms with van der Waals surface area (Å²) >= 11 is 0. The van der Waals surface area contributed by atoms with Crippen LogP contribution in [0, 0.1) is 0 Å². The topological polar surface area (TPSA) is 66.9 Å². The first-order valence-corrected chi connectivity index (χ1v) is 7.99. The number of nitrogens with one attached hydrogen (secondary N) is 2. The number of nitrogens with zero attached hydrogens (tertiary/aromatic N) is 2. The normalized spacial score (nSPS) is 11.1. The van der Waals surface area contributed by atoms with Crippen LogP contribution in [0.2, 0.25) is 0 Å². The summed E-state index contributed by atoms with van der Waals surface area (Å²) in [4.78, 5) is 20.2. The lowest BCUT2D eigenvalue weighted by Crippen LogP contribution is -2.13. The molecule has 3 aromatic rings. The van der Waals surface area contributed by atoms with Crippen LogP contribution in [0.5, 0.6) is 0 Å². The molecule has 0 atom stereocenters. The second-order valence-electron chi connectivity index (χ2n) is 5.67. The number of hydrogen-bond acceptors (Lipinski definition) is 4. The highest BCUT2D eigenvalue weighted by molar-refractivity contribution is 6.03. The third kappa shape index (κ3) is 5.04. The Bertz CT molecular complexity index is 895. The Labute approximate surface area is 153 Å². The maximum Gasteiger partial charge on any atom is 0.416 e. The number of aromatic nitrogens is 2. The van der Waals surface area contributed by atoms with Gasteiger partial charge in [0.2, 0.25) is 0 Å². The van der Waals surface area contributed by atoms with E-state index in [1.54, 1.807) is 30.7 Å². The molecule has 138 valence electrons.